The molecule has 0 aromatic heterocycles. The first-order valence-corrected chi connectivity index (χ1v) is 9.11. The van der Waals surface area contributed by atoms with Crippen LogP contribution < -0.4 is 5.32 Å². The monoisotopic (exact) mass is 295 g/mol. The Hall–Kier alpha value is -0.530. The third kappa shape index (κ3) is 4.23. The molecule has 21 heavy (non-hydrogen) atoms. The second kappa shape index (κ2) is 7.15. The molecule has 0 unspecified atom stereocenters. The van der Waals surface area contributed by atoms with Crippen LogP contribution in [0.1, 0.15) is 99.3 Å². The molecule has 1 N–H and O–H groups in total. The van der Waals surface area contributed by atoms with E-state index in [2.05, 4.69) is 46.9 Å². The Balaban J connectivity index is 2.42. The van der Waals surface area contributed by atoms with Gasteiger partial charge in [-0.05, 0) is 56.3 Å². The normalized spacial score (nSPS) is 17.6. The van der Waals surface area contributed by atoms with Crippen LogP contribution in [0.2, 0.25) is 0 Å². The van der Waals surface area contributed by atoms with Crippen molar-refractivity contribution in [2.45, 2.75) is 105 Å². The average molecular weight is 296 g/mol. The molecule has 124 valence electrons. The van der Waals surface area contributed by atoms with Crippen LogP contribution in [0.15, 0.2) is 0 Å². The van der Waals surface area contributed by atoms with Crippen LogP contribution in [0.4, 0.5) is 0 Å². The van der Waals surface area contributed by atoms with E-state index in [9.17, 15) is 4.79 Å². The van der Waals surface area contributed by atoms with Crippen LogP contribution in [0.5, 0.6) is 0 Å². The molecule has 1 aliphatic carbocycles. The smallest absolute Gasteiger partial charge is 0.220 e. The van der Waals surface area contributed by atoms with Crippen LogP contribution in [0, 0.1) is 10.8 Å². The molecule has 1 amide bonds. The average Bonchev–Trinajstić information content (AvgIpc) is 3.27. The molecule has 0 spiro atoms. The van der Waals surface area contributed by atoms with Crippen molar-refractivity contribution in [3.8, 4) is 0 Å². The second-order valence-corrected chi connectivity index (χ2v) is 7.72. The number of carbonyl (C=O) groups excluding carboxylic acids is 1. The van der Waals surface area contributed by atoms with E-state index in [4.69, 9.17) is 0 Å². The number of carbonyl (C=O) groups is 1. The number of hydrogen-bond acceptors (Lipinski definition) is 1. The minimum atomic E-state index is -0.0182. The van der Waals surface area contributed by atoms with E-state index in [-0.39, 0.29) is 11.4 Å². The van der Waals surface area contributed by atoms with E-state index in [0.29, 0.717) is 17.3 Å². The Labute approximate surface area is 132 Å². The second-order valence-electron chi connectivity index (χ2n) is 7.72. The van der Waals surface area contributed by atoms with Crippen molar-refractivity contribution in [3.63, 3.8) is 0 Å². The Bertz CT molecular complexity index is 335. The molecular weight excluding hydrogens is 258 g/mol. The maximum Gasteiger partial charge on any atom is 0.220 e. The van der Waals surface area contributed by atoms with Crippen molar-refractivity contribution < 1.29 is 4.79 Å². The summed E-state index contributed by atoms with van der Waals surface area (Å²) in [4.78, 5) is 12.2. The molecule has 0 bridgehead atoms. The summed E-state index contributed by atoms with van der Waals surface area (Å²) in [6, 6.07) is 0. The fourth-order valence-electron chi connectivity index (χ4n) is 3.72. The summed E-state index contributed by atoms with van der Waals surface area (Å²) in [5.74, 6) is 0.242. The molecule has 1 aliphatic rings. The van der Waals surface area contributed by atoms with Gasteiger partial charge in [-0.25, -0.2) is 0 Å². The zero-order valence-electron chi connectivity index (χ0n) is 15.3. The van der Waals surface area contributed by atoms with Gasteiger partial charge in [-0.15, -0.1) is 0 Å². The molecule has 1 fully saturated rings. The van der Waals surface area contributed by atoms with Gasteiger partial charge in [-0.1, -0.05) is 47.5 Å². The lowest BCUT2D eigenvalue weighted by Crippen LogP contribution is -2.44. The van der Waals surface area contributed by atoms with Crippen molar-refractivity contribution >= 4 is 5.91 Å². The van der Waals surface area contributed by atoms with Crippen molar-refractivity contribution in [1.82, 2.24) is 5.32 Å². The number of nitrogens with one attached hydrogen (secondary N) is 1. The van der Waals surface area contributed by atoms with Gasteiger partial charge in [-0.2, -0.15) is 0 Å². The summed E-state index contributed by atoms with van der Waals surface area (Å²) in [7, 11) is 0. The van der Waals surface area contributed by atoms with Crippen molar-refractivity contribution in [3.05, 3.63) is 0 Å². The van der Waals surface area contributed by atoms with Crippen LogP contribution in [0.3, 0.4) is 0 Å². The standard InChI is InChI=1S/C19H37NO/c1-7-17(5,8-2)19(14-15-19)13-11-12-16(21)20-18(6,9-3)10-4/h7-15H2,1-6H3,(H,20,21). The highest BCUT2D eigenvalue weighted by Crippen LogP contribution is 2.64. The van der Waals surface area contributed by atoms with Crippen LogP contribution >= 0.6 is 0 Å². The van der Waals surface area contributed by atoms with Gasteiger partial charge in [0.25, 0.3) is 0 Å². The minimum absolute atomic E-state index is 0.0182. The zero-order chi connectivity index (χ0) is 16.1. The summed E-state index contributed by atoms with van der Waals surface area (Å²) in [6.07, 6.45) is 10.2. The SMILES string of the molecule is CCC(C)(CC)NC(=O)CCCC1(C(C)(CC)CC)CC1. The molecule has 2 nitrogen and oxygen atoms in total. The largest absolute Gasteiger partial charge is 0.351 e. The van der Waals surface area contributed by atoms with E-state index in [1.165, 1.54) is 32.1 Å². The minimum Gasteiger partial charge on any atom is -0.351 e. The number of hydrogen-bond donors (Lipinski definition) is 1. The lowest BCUT2D eigenvalue weighted by atomic mass is 9.68. The first kappa shape index (κ1) is 18.5. The maximum atomic E-state index is 12.2. The predicted molar refractivity (Wildman–Crippen MR) is 91.3 cm³/mol. The Morgan fingerprint density at radius 2 is 1.52 bits per heavy atom. The van der Waals surface area contributed by atoms with Crippen molar-refractivity contribution in [2.24, 2.45) is 10.8 Å². The Kier molecular flexibility index (Phi) is 6.31. The van der Waals surface area contributed by atoms with Gasteiger partial charge in [0.1, 0.15) is 0 Å². The van der Waals surface area contributed by atoms with Gasteiger partial charge >= 0.3 is 0 Å². The third-order valence-electron chi connectivity index (χ3n) is 6.76. The first-order valence-electron chi connectivity index (χ1n) is 9.11. The van der Waals surface area contributed by atoms with Gasteiger partial charge in [0.2, 0.25) is 5.91 Å². The Morgan fingerprint density at radius 3 is 1.90 bits per heavy atom. The number of amides is 1. The first-order chi connectivity index (χ1) is 9.80. The highest BCUT2D eigenvalue weighted by atomic mass is 16.1. The van der Waals surface area contributed by atoms with Crippen LogP contribution in [0.25, 0.3) is 0 Å². The summed E-state index contributed by atoms with van der Waals surface area (Å²) in [5, 5.41) is 3.23. The molecule has 1 rings (SSSR count). The zero-order valence-corrected chi connectivity index (χ0v) is 15.3. The molecule has 0 aliphatic heterocycles. The fraction of sp³-hybridized carbons (Fsp3) is 0.947. The summed E-state index contributed by atoms with van der Waals surface area (Å²) in [6.45, 7) is 13.5. The van der Waals surface area contributed by atoms with Gasteiger partial charge < -0.3 is 5.32 Å². The summed E-state index contributed by atoms with van der Waals surface area (Å²) in [5.41, 5.74) is 0.996. The lowest BCUT2D eigenvalue weighted by molar-refractivity contribution is -0.123. The quantitative estimate of drug-likeness (QED) is 0.570. The van der Waals surface area contributed by atoms with Crippen LogP contribution in [-0.4, -0.2) is 11.4 Å². The van der Waals surface area contributed by atoms with Crippen molar-refractivity contribution in [2.75, 3.05) is 0 Å². The lowest BCUT2D eigenvalue weighted by Gasteiger charge is -2.37. The molecule has 0 aromatic rings. The van der Waals surface area contributed by atoms with Crippen molar-refractivity contribution in [1.29, 1.82) is 0 Å². The van der Waals surface area contributed by atoms with Gasteiger partial charge in [0.05, 0.1) is 0 Å². The molecule has 0 radical (unpaired) electrons. The van der Waals surface area contributed by atoms with E-state index >= 15 is 0 Å². The topological polar surface area (TPSA) is 29.1 Å². The van der Waals surface area contributed by atoms with E-state index in [0.717, 1.165) is 19.3 Å². The van der Waals surface area contributed by atoms with E-state index < -0.39 is 0 Å². The number of rotatable bonds is 10. The maximum absolute atomic E-state index is 12.2. The van der Waals surface area contributed by atoms with E-state index in [1.54, 1.807) is 0 Å². The molecule has 0 saturated heterocycles. The fourth-order valence-corrected chi connectivity index (χ4v) is 3.72. The molecule has 1 saturated carbocycles. The predicted octanol–water partition coefficient (Wildman–Crippen LogP) is 5.46. The van der Waals surface area contributed by atoms with Gasteiger partial charge in [-0.3, -0.25) is 4.79 Å². The molecule has 0 atom stereocenters. The molecule has 0 heterocycles. The van der Waals surface area contributed by atoms with Gasteiger partial charge in [0.15, 0.2) is 0 Å². The molecule has 0 aromatic carbocycles. The molecular formula is C19H37NO. The summed E-state index contributed by atoms with van der Waals surface area (Å²) < 4.78 is 0. The highest BCUT2D eigenvalue weighted by molar-refractivity contribution is 5.76. The van der Waals surface area contributed by atoms with Gasteiger partial charge in [0, 0.05) is 12.0 Å². The molecule has 2 heteroatoms. The highest BCUT2D eigenvalue weighted by Gasteiger charge is 2.53. The Morgan fingerprint density at radius 1 is 1.00 bits per heavy atom. The van der Waals surface area contributed by atoms with Crippen LogP contribution in [-0.2, 0) is 4.79 Å². The third-order valence-corrected chi connectivity index (χ3v) is 6.76. The summed E-state index contributed by atoms with van der Waals surface area (Å²) >= 11 is 0. The van der Waals surface area contributed by atoms with E-state index in [1.807, 2.05) is 0 Å².